The Morgan fingerprint density at radius 1 is 1.73 bits per heavy atom. The molecule has 0 saturated carbocycles. The molecule has 3 nitrogen and oxygen atoms in total. The number of imidazole rings is 1. The molecule has 1 heterocycles. The van der Waals surface area contributed by atoms with Gasteiger partial charge in [0.15, 0.2) is 0 Å². The Morgan fingerprint density at radius 3 is 3.18 bits per heavy atom. The maximum absolute atomic E-state index is 5.31. The molecule has 2 N–H and O–H groups in total. The number of hydrogen-bond donors (Lipinski definition) is 1. The van der Waals surface area contributed by atoms with Crippen LogP contribution in [0.1, 0.15) is 12.7 Å². The first-order valence-corrected chi connectivity index (χ1v) is 3.76. The SMILES string of the molecule is CCn1ccnc1/C=C/CN. The van der Waals surface area contributed by atoms with Gasteiger partial charge in [-0.15, -0.1) is 0 Å². The average molecular weight is 151 g/mol. The summed E-state index contributed by atoms with van der Waals surface area (Å²) in [5, 5.41) is 0. The smallest absolute Gasteiger partial charge is 0.132 e. The second-order valence-corrected chi connectivity index (χ2v) is 2.21. The van der Waals surface area contributed by atoms with Crippen LogP contribution in [0.25, 0.3) is 6.08 Å². The van der Waals surface area contributed by atoms with Crippen molar-refractivity contribution in [2.45, 2.75) is 13.5 Å². The fraction of sp³-hybridized carbons (Fsp3) is 0.375. The Bertz CT molecular complexity index is 237. The van der Waals surface area contributed by atoms with E-state index in [4.69, 9.17) is 5.73 Å². The quantitative estimate of drug-likeness (QED) is 0.696. The molecule has 3 heteroatoms. The predicted molar refractivity (Wildman–Crippen MR) is 46.0 cm³/mol. The zero-order valence-electron chi connectivity index (χ0n) is 6.70. The van der Waals surface area contributed by atoms with Gasteiger partial charge in [0.05, 0.1) is 0 Å². The van der Waals surface area contributed by atoms with Gasteiger partial charge in [0, 0.05) is 25.5 Å². The number of hydrogen-bond acceptors (Lipinski definition) is 2. The molecule has 0 fully saturated rings. The van der Waals surface area contributed by atoms with Gasteiger partial charge < -0.3 is 10.3 Å². The number of nitrogens with two attached hydrogens (primary N) is 1. The summed E-state index contributed by atoms with van der Waals surface area (Å²) in [5.41, 5.74) is 5.31. The van der Waals surface area contributed by atoms with Crippen LogP contribution in [0.5, 0.6) is 0 Å². The van der Waals surface area contributed by atoms with Crippen LogP contribution in [0, 0.1) is 0 Å². The Labute approximate surface area is 66.5 Å². The van der Waals surface area contributed by atoms with Crippen molar-refractivity contribution in [3.05, 3.63) is 24.3 Å². The lowest BCUT2D eigenvalue weighted by atomic mass is 10.4. The largest absolute Gasteiger partial charge is 0.332 e. The zero-order chi connectivity index (χ0) is 8.10. The summed E-state index contributed by atoms with van der Waals surface area (Å²) in [6.45, 7) is 3.60. The highest BCUT2D eigenvalue weighted by molar-refractivity contribution is 5.40. The lowest BCUT2D eigenvalue weighted by molar-refractivity contribution is 0.752. The van der Waals surface area contributed by atoms with E-state index in [2.05, 4.69) is 16.5 Å². The third-order valence-electron chi connectivity index (χ3n) is 1.49. The van der Waals surface area contributed by atoms with Crippen LogP contribution < -0.4 is 5.73 Å². The van der Waals surface area contributed by atoms with Gasteiger partial charge in [0.2, 0.25) is 0 Å². The summed E-state index contributed by atoms with van der Waals surface area (Å²) in [5.74, 6) is 0.970. The fourth-order valence-electron chi connectivity index (χ4n) is 0.920. The van der Waals surface area contributed by atoms with Crippen molar-refractivity contribution in [2.24, 2.45) is 5.73 Å². The minimum absolute atomic E-state index is 0.566. The molecule has 1 aromatic heterocycles. The highest BCUT2D eigenvalue weighted by Crippen LogP contribution is 1.98. The first-order valence-electron chi connectivity index (χ1n) is 3.76. The first kappa shape index (κ1) is 8.01. The Hall–Kier alpha value is -1.09. The van der Waals surface area contributed by atoms with Gasteiger partial charge in [-0.05, 0) is 13.0 Å². The lowest BCUT2D eigenvalue weighted by Crippen LogP contribution is -1.97. The topological polar surface area (TPSA) is 43.8 Å². The van der Waals surface area contributed by atoms with Crippen LogP contribution in [-0.4, -0.2) is 16.1 Å². The fourth-order valence-corrected chi connectivity index (χ4v) is 0.920. The maximum atomic E-state index is 5.31. The average Bonchev–Trinajstić information content (AvgIpc) is 2.47. The molecule has 1 aromatic rings. The molecule has 60 valence electrons. The number of rotatable bonds is 3. The lowest BCUT2D eigenvalue weighted by Gasteiger charge is -1.97. The van der Waals surface area contributed by atoms with E-state index in [-0.39, 0.29) is 0 Å². The summed E-state index contributed by atoms with van der Waals surface area (Å²) in [7, 11) is 0. The first-order chi connectivity index (χ1) is 5.38. The molecule has 0 aliphatic heterocycles. The highest BCUT2D eigenvalue weighted by atomic mass is 15.0. The molecule has 0 aliphatic carbocycles. The molecule has 0 saturated heterocycles. The molecule has 0 aromatic carbocycles. The monoisotopic (exact) mass is 151 g/mol. The molecule has 0 spiro atoms. The van der Waals surface area contributed by atoms with Gasteiger partial charge in [0.1, 0.15) is 5.82 Å². The van der Waals surface area contributed by atoms with Crippen molar-refractivity contribution >= 4 is 6.08 Å². The summed E-state index contributed by atoms with van der Waals surface area (Å²) < 4.78 is 2.06. The standard InChI is InChI=1S/C8H13N3/c1-2-11-7-6-10-8(11)4-3-5-9/h3-4,6-7H,2,5,9H2,1H3/b4-3+. The zero-order valence-corrected chi connectivity index (χ0v) is 6.70. The predicted octanol–water partition coefficient (Wildman–Crippen LogP) is 0.875. The van der Waals surface area contributed by atoms with Gasteiger partial charge in [-0.25, -0.2) is 4.98 Å². The minimum Gasteiger partial charge on any atom is -0.332 e. The number of nitrogens with zero attached hydrogens (tertiary/aromatic N) is 2. The number of aryl methyl sites for hydroxylation is 1. The third kappa shape index (κ3) is 1.91. The van der Waals surface area contributed by atoms with E-state index in [1.165, 1.54) is 0 Å². The Kier molecular flexibility index (Phi) is 2.86. The molecule has 1 rings (SSSR count). The van der Waals surface area contributed by atoms with Gasteiger partial charge in [-0.1, -0.05) is 6.08 Å². The number of aromatic nitrogens is 2. The van der Waals surface area contributed by atoms with Crippen molar-refractivity contribution in [1.29, 1.82) is 0 Å². The van der Waals surface area contributed by atoms with E-state index in [1.807, 2.05) is 18.3 Å². The molecule has 0 atom stereocenters. The molecule has 0 bridgehead atoms. The van der Waals surface area contributed by atoms with Gasteiger partial charge in [-0.2, -0.15) is 0 Å². The van der Waals surface area contributed by atoms with E-state index in [0.29, 0.717) is 6.54 Å². The van der Waals surface area contributed by atoms with Crippen molar-refractivity contribution in [2.75, 3.05) is 6.54 Å². The Morgan fingerprint density at radius 2 is 2.55 bits per heavy atom. The van der Waals surface area contributed by atoms with Crippen LogP contribution in [0.3, 0.4) is 0 Å². The summed E-state index contributed by atoms with van der Waals surface area (Å²) in [6.07, 6.45) is 7.58. The second-order valence-electron chi connectivity index (χ2n) is 2.21. The van der Waals surface area contributed by atoms with Crippen LogP contribution in [0.4, 0.5) is 0 Å². The van der Waals surface area contributed by atoms with Crippen molar-refractivity contribution in [3.63, 3.8) is 0 Å². The molecular formula is C8H13N3. The van der Waals surface area contributed by atoms with Gasteiger partial charge >= 0.3 is 0 Å². The molecule has 0 amide bonds. The summed E-state index contributed by atoms with van der Waals surface area (Å²) in [6, 6.07) is 0. The van der Waals surface area contributed by atoms with Crippen LogP contribution >= 0.6 is 0 Å². The van der Waals surface area contributed by atoms with E-state index in [9.17, 15) is 0 Å². The molecule has 0 aliphatic rings. The minimum atomic E-state index is 0.566. The van der Waals surface area contributed by atoms with Crippen LogP contribution in [-0.2, 0) is 6.54 Å². The van der Waals surface area contributed by atoms with Gasteiger partial charge in [-0.3, -0.25) is 0 Å². The normalized spacial score (nSPS) is 11.1. The summed E-state index contributed by atoms with van der Waals surface area (Å²) in [4.78, 5) is 4.15. The molecule has 0 unspecified atom stereocenters. The van der Waals surface area contributed by atoms with Gasteiger partial charge in [0.25, 0.3) is 0 Å². The van der Waals surface area contributed by atoms with E-state index < -0.39 is 0 Å². The molecule has 0 radical (unpaired) electrons. The van der Waals surface area contributed by atoms with E-state index >= 15 is 0 Å². The Balaban J connectivity index is 2.76. The molecular weight excluding hydrogens is 138 g/mol. The summed E-state index contributed by atoms with van der Waals surface area (Å²) >= 11 is 0. The van der Waals surface area contributed by atoms with Crippen LogP contribution in [0.2, 0.25) is 0 Å². The van der Waals surface area contributed by atoms with E-state index in [0.717, 1.165) is 12.4 Å². The van der Waals surface area contributed by atoms with Crippen molar-refractivity contribution < 1.29 is 0 Å². The van der Waals surface area contributed by atoms with Crippen molar-refractivity contribution in [1.82, 2.24) is 9.55 Å². The highest BCUT2D eigenvalue weighted by Gasteiger charge is 1.93. The van der Waals surface area contributed by atoms with Crippen molar-refractivity contribution in [3.8, 4) is 0 Å². The second kappa shape index (κ2) is 3.93. The van der Waals surface area contributed by atoms with Crippen LogP contribution in [0.15, 0.2) is 18.5 Å². The third-order valence-corrected chi connectivity index (χ3v) is 1.49. The van der Waals surface area contributed by atoms with E-state index in [1.54, 1.807) is 6.20 Å². The molecule has 11 heavy (non-hydrogen) atoms. The maximum Gasteiger partial charge on any atom is 0.132 e.